The quantitative estimate of drug-likeness (QED) is 0.689. The normalized spacial score (nSPS) is 34.8. The number of rotatable bonds is 5. The third kappa shape index (κ3) is 3.68. The van der Waals surface area contributed by atoms with Gasteiger partial charge in [0.25, 0.3) is 14.1 Å². The highest BCUT2D eigenvalue weighted by Gasteiger charge is 2.56. The number of hydrogen-bond acceptors (Lipinski definition) is 6. The molecule has 9 heteroatoms. The van der Waals surface area contributed by atoms with Crippen molar-refractivity contribution in [3.63, 3.8) is 0 Å². The number of aromatic nitrogens is 2. The fourth-order valence-corrected chi connectivity index (χ4v) is 7.28. The molecule has 3 saturated heterocycles. The number of aryl methyl sites for hydroxylation is 1. The molecule has 0 unspecified atom stereocenters. The molecule has 172 valence electrons. The van der Waals surface area contributed by atoms with E-state index in [1.807, 2.05) is 6.07 Å². The standard InChI is InChI=1S/C23H30N3O5P/c1-4-17-18(13-20(29-17)25-14-15(2)21(27)24-22(25)28)30-32-26-12-8-11-19(26)23(3,31-32)16-9-6-5-7-10-16/h5-7,9-10,14,17-20H,4,8,11-13H2,1-3H3,(H,24,27,28)/t17-,18-,19+,20-,23-,32+/m1/s1. The van der Waals surface area contributed by atoms with Crippen molar-refractivity contribution >= 4 is 8.53 Å². The summed E-state index contributed by atoms with van der Waals surface area (Å²) in [5, 5.41) is 0. The van der Waals surface area contributed by atoms with Crippen molar-refractivity contribution in [2.24, 2.45) is 0 Å². The monoisotopic (exact) mass is 459 g/mol. The Hall–Kier alpha value is -1.83. The minimum atomic E-state index is -1.24. The highest BCUT2D eigenvalue weighted by atomic mass is 31.2. The van der Waals surface area contributed by atoms with E-state index in [9.17, 15) is 9.59 Å². The van der Waals surface area contributed by atoms with E-state index in [0.717, 1.165) is 25.8 Å². The van der Waals surface area contributed by atoms with Crippen LogP contribution in [0.1, 0.15) is 56.9 Å². The van der Waals surface area contributed by atoms with E-state index in [0.29, 0.717) is 18.0 Å². The first-order chi connectivity index (χ1) is 15.4. The van der Waals surface area contributed by atoms with Gasteiger partial charge >= 0.3 is 5.69 Å². The van der Waals surface area contributed by atoms with Gasteiger partial charge in [-0.25, -0.2) is 9.46 Å². The predicted molar refractivity (Wildman–Crippen MR) is 121 cm³/mol. The van der Waals surface area contributed by atoms with Crippen molar-refractivity contribution in [1.82, 2.24) is 14.2 Å². The molecule has 3 aliphatic heterocycles. The van der Waals surface area contributed by atoms with Crippen molar-refractivity contribution in [1.29, 1.82) is 0 Å². The van der Waals surface area contributed by atoms with Crippen molar-refractivity contribution in [2.45, 2.75) is 76.5 Å². The molecule has 0 aliphatic carbocycles. The lowest BCUT2D eigenvalue weighted by Gasteiger charge is -2.29. The molecule has 1 aromatic heterocycles. The maximum Gasteiger partial charge on any atom is 0.330 e. The maximum absolute atomic E-state index is 12.4. The molecule has 0 bridgehead atoms. The van der Waals surface area contributed by atoms with Crippen LogP contribution in [-0.4, -0.2) is 39.0 Å². The molecule has 8 nitrogen and oxygen atoms in total. The molecule has 3 fully saturated rings. The first-order valence-electron chi connectivity index (χ1n) is 11.4. The van der Waals surface area contributed by atoms with Crippen LogP contribution in [0, 0.1) is 6.92 Å². The number of aromatic amines is 1. The van der Waals surface area contributed by atoms with Crippen molar-refractivity contribution in [2.75, 3.05) is 6.54 Å². The number of ether oxygens (including phenoxy) is 1. The molecule has 4 heterocycles. The zero-order valence-electron chi connectivity index (χ0n) is 18.7. The topological polar surface area (TPSA) is 85.8 Å². The lowest BCUT2D eigenvalue weighted by atomic mass is 9.87. The zero-order valence-corrected chi connectivity index (χ0v) is 19.6. The average molecular weight is 459 g/mol. The summed E-state index contributed by atoms with van der Waals surface area (Å²) in [5.41, 5.74) is 0.421. The summed E-state index contributed by atoms with van der Waals surface area (Å²) in [6, 6.07) is 10.7. The second-order valence-electron chi connectivity index (χ2n) is 9.02. The number of hydrogen-bond donors (Lipinski definition) is 1. The van der Waals surface area contributed by atoms with Crippen LogP contribution in [-0.2, 0) is 19.4 Å². The fraction of sp³-hybridized carbons (Fsp3) is 0.565. The minimum absolute atomic E-state index is 0.144. The lowest BCUT2D eigenvalue weighted by molar-refractivity contribution is -0.0199. The lowest BCUT2D eigenvalue weighted by Crippen LogP contribution is -2.36. The van der Waals surface area contributed by atoms with E-state index in [1.165, 1.54) is 10.1 Å². The molecule has 2 aromatic rings. The van der Waals surface area contributed by atoms with Crippen molar-refractivity contribution in [3.05, 3.63) is 68.5 Å². The number of H-pyrrole nitrogens is 1. The van der Waals surface area contributed by atoms with Crippen LogP contribution in [0.2, 0.25) is 0 Å². The Morgan fingerprint density at radius 3 is 2.81 bits per heavy atom. The largest absolute Gasteiger partial charge is 0.352 e. The first kappa shape index (κ1) is 22.0. The van der Waals surface area contributed by atoms with Crippen LogP contribution in [0.15, 0.2) is 46.1 Å². The van der Waals surface area contributed by atoms with Gasteiger partial charge in [0.2, 0.25) is 0 Å². The Morgan fingerprint density at radius 1 is 1.28 bits per heavy atom. The summed E-state index contributed by atoms with van der Waals surface area (Å²) in [6.45, 7) is 6.87. The Labute approximate surface area is 188 Å². The average Bonchev–Trinajstić information content (AvgIpc) is 3.49. The Morgan fingerprint density at radius 2 is 2.06 bits per heavy atom. The van der Waals surface area contributed by atoms with E-state index < -0.39 is 26.0 Å². The van der Waals surface area contributed by atoms with Crippen LogP contribution in [0.25, 0.3) is 0 Å². The van der Waals surface area contributed by atoms with Crippen LogP contribution in [0.4, 0.5) is 0 Å². The minimum Gasteiger partial charge on any atom is -0.352 e. The molecule has 0 spiro atoms. The summed E-state index contributed by atoms with van der Waals surface area (Å²) in [6.07, 6.45) is 4.28. The van der Waals surface area contributed by atoms with E-state index in [-0.39, 0.29) is 17.8 Å². The summed E-state index contributed by atoms with van der Waals surface area (Å²) in [5.74, 6) is 0. The second kappa shape index (κ2) is 8.50. The van der Waals surface area contributed by atoms with Crippen LogP contribution >= 0.6 is 8.53 Å². The van der Waals surface area contributed by atoms with Gasteiger partial charge in [0.05, 0.1) is 18.2 Å². The van der Waals surface area contributed by atoms with E-state index in [1.54, 1.807) is 13.1 Å². The Balaban J connectivity index is 1.37. The summed E-state index contributed by atoms with van der Waals surface area (Å²) < 4.78 is 23.3. The van der Waals surface area contributed by atoms with Crippen LogP contribution in [0.5, 0.6) is 0 Å². The molecule has 0 amide bonds. The summed E-state index contributed by atoms with van der Waals surface area (Å²) in [7, 11) is -1.24. The van der Waals surface area contributed by atoms with Gasteiger partial charge in [-0.2, -0.15) is 0 Å². The van der Waals surface area contributed by atoms with Gasteiger partial charge < -0.3 is 13.8 Å². The highest BCUT2D eigenvalue weighted by molar-refractivity contribution is 7.45. The predicted octanol–water partition coefficient (Wildman–Crippen LogP) is 3.56. The van der Waals surface area contributed by atoms with Gasteiger partial charge in [0.15, 0.2) is 0 Å². The van der Waals surface area contributed by atoms with E-state index >= 15 is 0 Å². The van der Waals surface area contributed by atoms with Crippen LogP contribution < -0.4 is 11.2 Å². The molecule has 32 heavy (non-hydrogen) atoms. The molecule has 0 saturated carbocycles. The third-order valence-electron chi connectivity index (χ3n) is 6.95. The zero-order chi connectivity index (χ0) is 22.5. The van der Waals surface area contributed by atoms with E-state index in [2.05, 4.69) is 47.8 Å². The smallest absolute Gasteiger partial charge is 0.330 e. The van der Waals surface area contributed by atoms with E-state index in [4.69, 9.17) is 13.8 Å². The molecule has 1 aromatic carbocycles. The molecular formula is C23H30N3O5P. The second-order valence-corrected chi connectivity index (χ2v) is 10.4. The Kier molecular flexibility index (Phi) is 5.84. The third-order valence-corrected chi connectivity index (χ3v) is 8.83. The van der Waals surface area contributed by atoms with Gasteiger partial charge in [-0.1, -0.05) is 37.3 Å². The maximum atomic E-state index is 12.4. The van der Waals surface area contributed by atoms with Crippen LogP contribution in [0.3, 0.4) is 0 Å². The number of fused-ring (bicyclic) bond motifs is 1. The molecule has 6 atom stereocenters. The van der Waals surface area contributed by atoms with Gasteiger partial charge in [-0.3, -0.25) is 14.3 Å². The van der Waals surface area contributed by atoms with Gasteiger partial charge in [-0.05, 0) is 38.7 Å². The van der Waals surface area contributed by atoms with Gasteiger partial charge in [0, 0.05) is 24.7 Å². The Bertz CT molecular complexity index is 1090. The molecule has 0 radical (unpaired) electrons. The molecule has 3 aliphatic rings. The molecule has 1 N–H and O–H groups in total. The van der Waals surface area contributed by atoms with Crippen molar-refractivity contribution < 1.29 is 13.8 Å². The molecular weight excluding hydrogens is 429 g/mol. The first-order valence-corrected chi connectivity index (χ1v) is 12.5. The number of benzene rings is 1. The van der Waals surface area contributed by atoms with Crippen molar-refractivity contribution in [3.8, 4) is 0 Å². The number of nitrogens with zero attached hydrogens (tertiary/aromatic N) is 2. The number of nitrogens with one attached hydrogen (secondary N) is 1. The van der Waals surface area contributed by atoms with Gasteiger partial charge in [-0.15, -0.1) is 0 Å². The highest BCUT2D eigenvalue weighted by Crippen LogP contribution is 2.64. The SMILES string of the molecule is CC[C@H]1O[C@@H](n2cc(C)c(=O)[nH]c2=O)C[C@H]1O[P@@]1O[C@](C)(c2ccccc2)[C@@H]2CCCN21. The summed E-state index contributed by atoms with van der Waals surface area (Å²) in [4.78, 5) is 26.5. The summed E-state index contributed by atoms with van der Waals surface area (Å²) >= 11 is 0. The fourth-order valence-electron chi connectivity index (χ4n) is 5.14. The van der Waals surface area contributed by atoms with Gasteiger partial charge in [0.1, 0.15) is 11.8 Å². The molecule has 5 rings (SSSR count).